The number of hydrogen-bond acceptors (Lipinski definition) is 2. The molecule has 0 aromatic carbocycles. The third-order valence-electron chi connectivity index (χ3n) is 2.73. The zero-order valence-corrected chi connectivity index (χ0v) is 10.1. The van der Waals surface area contributed by atoms with Crippen molar-refractivity contribution in [3.05, 3.63) is 22.4 Å². The van der Waals surface area contributed by atoms with Gasteiger partial charge >= 0.3 is 0 Å². The first kappa shape index (κ1) is 11.7. The summed E-state index contributed by atoms with van der Waals surface area (Å²) in [6.07, 6.45) is 3.16. The summed E-state index contributed by atoms with van der Waals surface area (Å²) in [6.45, 7) is 6.48. The Bertz CT molecular complexity index is 251. The smallest absolute Gasteiger partial charge is 0.0932 e. The lowest BCUT2D eigenvalue weighted by Gasteiger charge is -2.29. The minimum atomic E-state index is -0.311. The Morgan fingerprint density at radius 1 is 1.50 bits per heavy atom. The van der Waals surface area contributed by atoms with Gasteiger partial charge in [-0.15, -0.1) is 11.3 Å². The minimum Gasteiger partial charge on any atom is -0.387 e. The maximum atomic E-state index is 10.2. The van der Waals surface area contributed by atoms with Crippen molar-refractivity contribution in [2.45, 2.75) is 46.1 Å². The fraction of sp³-hybridized carbons (Fsp3) is 0.667. The van der Waals surface area contributed by atoms with Crippen LogP contribution in [0.25, 0.3) is 0 Å². The summed E-state index contributed by atoms with van der Waals surface area (Å²) in [4.78, 5) is 1.09. The van der Waals surface area contributed by atoms with Crippen LogP contribution in [0, 0.1) is 5.41 Å². The first-order valence-corrected chi connectivity index (χ1v) is 6.17. The normalized spacial score (nSPS) is 14.3. The van der Waals surface area contributed by atoms with Gasteiger partial charge in [-0.1, -0.05) is 39.7 Å². The Morgan fingerprint density at radius 3 is 2.71 bits per heavy atom. The maximum absolute atomic E-state index is 10.2. The SMILES string of the molecule is CCCCC(C)(C)C(O)c1cccs1. The van der Waals surface area contributed by atoms with Crippen LogP contribution in [-0.2, 0) is 0 Å². The van der Waals surface area contributed by atoms with Gasteiger partial charge < -0.3 is 5.11 Å². The second-order valence-corrected chi connectivity index (χ2v) is 5.49. The van der Waals surface area contributed by atoms with Crippen LogP contribution >= 0.6 is 11.3 Å². The largest absolute Gasteiger partial charge is 0.387 e. The van der Waals surface area contributed by atoms with E-state index in [0.717, 1.165) is 11.3 Å². The average molecular weight is 212 g/mol. The van der Waals surface area contributed by atoms with Gasteiger partial charge in [-0.3, -0.25) is 0 Å². The molecule has 0 aliphatic carbocycles. The van der Waals surface area contributed by atoms with Crippen LogP contribution in [0.1, 0.15) is 51.0 Å². The van der Waals surface area contributed by atoms with Crippen molar-refractivity contribution in [3.8, 4) is 0 Å². The van der Waals surface area contributed by atoms with Gasteiger partial charge in [0.1, 0.15) is 0 Å². The van der Waals surface area contributed by atoms with Crippen molar-refractivity contribution in [1.82, 2.24) is 0 Å². The van der Waals surface area contributed by atoms with Crippen molar-refractivity contribution >= 4 is 11.3 Å². The van der Waals surface area contributed by atoms with E-state index in [1.807, 2.05) is 17.5 Å². The van der Waals surface area contributed by atoms with Gasteiger partial charge in [-0.25, -0.2) is 0 Å². The molecule has 2 heteroatoms. The van der Waals surface area contributed by atoms with Crippen molar-refractivity contribution < 1.29 is 5.11 Å². The topological polar surface area (TPSA) is 20.2 Å². The van der Waals surface area contributed by atoms with Crippen LogP contribution in [0.2, 0.25) is 0 Å². The molecule has 1 nitrogen and oxygen atoms in total. The van der Waals surface area contributed by atoms with Crippen molar-refractivity contribution in [1.29, 1.82) is 0 Å². The van der Waals surface area contributed by atoms with Crippen LogP contribution in [-0.4, -0.2) is 5.11 Å². The molecule has 0 saturated carbocycles. The fourth-order valence-corrected chi connectivity index (χ4v) is 2.52. The summed E-state index contributed by atoms with van der Waals surface area (Å²) in [5.74, 6) is 0. The quantitative estimate of drug-likeness (QED) is 0.782. The standard InChI is InChI=1S/C12H20OS/c1-4-5-8-12(2,3)11(13)10-7-6-9-14-10/h6-7,9,11,13H,4-5,8H2,1-3H3. The van der Waals surface area contributed by atoms with Gasteiger partial charge in [-0.2, -0.15) is 0 Å². The predicted octanol–water partition coefficient (Wildman–Crippen LogP) is 4.00. The Balaban J connectivity index is 2.62. The van der Waals surface area contributed by atoms with E-state index in [9.17, 15) is 5.11 Å². The summed E-state index contributed by atoms with van der Waals surface area (Å²) < 4.78 is 0. The van der Waals surface area contributed by atoms with Crippen molar-refractivity contribution in [3.63, 3.8) is 0 Å². The van der Waals surface area contributed by atoms with Crippen LogP contribution in [0.3, 0.4) is 0 Å². The molecular formula is C12H20OS. The lowest BCUT2D eigenvalue weighted by Crippen LogP contribution is -2.21. The molecule has 0 aliphatic heterocycles. The summed E-state index contributed by atoms with van der Waals surface area (Å²) in [7, 11) is 0. The molecule has 14 heavy (non-hydrogen) atoms. The van der Waals surface area contributed by atoms with E-state index in [0.29, 0.717) is 0 Å². The summed E-state index contributed by atoms with van der Waals surface area (Å²) in [5, 5.41) is 12.2. The predicted molar refractivity (Wildman–Crippen MR) is 62.6 cm³/mol. The molecule has 80 valence electrons. The Hall–Kier alpha value is -0.340. The van der Waals surface area contributed by atoms with E-state index in [-0.39, 0.29) is 11.5 Å². The summed E-state index contributed by atoms with van der Waals surface area (Å²) in [6, 6.07) is 4.02. The number of aliphatic hydroxyl groups excluding tert-OH is 1. The molecule has 1 heterocycles. The monoisotopic (exact) mass is 212 g/mol. The van der Waals surface area contributed by atoms with Gasteiger partial charge in [-0.05, 0) is 23.3 Å². The van der Waals surface area contributed by atoms with E-state index in [1.165, 1.54) is 12.8 Å². The third kappa shape index (κ3) is 2.82. The maximum Gasteiger partial charge on any atom is 0.0932 e. The van der Waals surface area contributed by atoms with Crippen LogP contribution < -0.4 is 0 Å². The van der Waals surface area contributed by atoms with Crippen LogP contribution in [0.15, 0.2) is 17.5 Å². The number of rotatable bonds is 5. The number of aliphatic hydroxyl groups is 1. The molecule has 0 amide bonds. The molecule has 1 aromatic rings. The van der Waals surface area contributed by atoms with Gasteiger partial charge in [0, 0.05) is 4.88 Å². The minimum absolute atomic E-state index is 0.000856. The zero-order chi connectivity index (χ0) is 10.6. The van der Waals surface area contributed by atoms with Gasteiger partial charge in [0.05, 0.1) is 6.10 Å². The summed E-state index contributed by atoms with van der Waals surface area (Å²) in [5.41, 5.74) is 0.000856. The Morgan fingerprint density at radius 2 is 2.21 bits per heavy atom. The van der Waals surface area contributed by atoms with E-state index >= 15 is 0 Å². The molecule has 0 spiro atoms. The summed E-state index contributed by atoms with van der Waals surface area (Å²) >= 11 is 1.64. The molecule has 1 rings (SSSR count). The van der Waals surface area contributed by atoms with Gasteiger partial charge in [0.15, 0.2) is 0 Å². The Labute approximate surface area is 90.8 Å². The van der Waals surface area contributed by atoms with Gasteiger partial charge in [0.2, 0.25) is 0 Å². The van der Waals surface area contributed by atoms with E-state index < -0.39 is 0 Å². The Kier molecular flexibility index (Phi) is 4.14. The van der Waals surface area contributed by atoms with E-state index in [2.05, 4.69) is 20.8 Å². The van der Waals surface area contributed by atoms with Crippen LogP contribution in [0.5, 0.6) is 0 Å². The number of hydrogen-bond donors (Lipinski definition) is 1. The fourth-order valence-electron chi connectivity index (χ4n) is 1.60. The molecule has 0 bridgehead atoms. The third-order valence-corrected chi connectivity index (χ3v) is 3.65. The molecular weight excluding hydrogens is 192 g/mol. The van der Waals surface area contributed by atoms with Crippen molar-refractivity contribution in [2.75, 3.05) is 0 Å². The first-order valence-electron chi connectivity index (χ1n) is 5.29. The molecule has 1 aromatic heterocycles. The molecule has 0 saturated heterocycles. The zero-order valence-electron chi connectivity index (χ0n) is 9.29. The molecule has 1 N–H and O–H groups in total. The molecule has 1 unspecified atom stereocenters. The van der Waals surface area contributed by atoms with E-state index in [1.54, 1.807) is 11.3 Å². The lowest BCUT2D eigenvalue weighted by atomic mass is 9.81. The molecule has 0 fully saturated rings. The highest BCUT2D eigenvalue weighted by molar-refractivity contribution is 7.10. The molecule has 0 aliphatic rings. The number of thiophene rings is 1. The van der Waals surface area contributed by atoms with E-state index in [4.69, 9.17) is 0 Å². The lowest BCUT2D eigenvalue weighted by molar-refractivity contribution is 0.0443. The van der Waals surface area contributed by atoms with Gasteiger partial charge in [0.25, 0.3) is 0 Å². The molecule has 0 radical (unpaired) electrons. The highest BCUT2D eigenvalue weighted by atomic mass is 32.1. The van der Waals surface area contributed by atoms with Crippen molar-refractivity contribution in [2.24, 2.45) is 5.41 Å². The van der Waals surface area contributed by atoms with Crippen LogP contribution in [0.4, 0.5) is 0 Å². The second-order valence-electron chi connectivity index (χ2n) is 4.51. The second kappa shape index (κ2) is 4.94. The number of unbranched alkanes of at least 4 members (excludes halogenated alkanes) is 1. The highest BCUT2D eigenvalue weighted by Crippen LogP contribution is 2.39. The highest BCUT2D eigenvalue weighted by Gasteiger charge is 2.28. The average Bonchev–Trinajstić information content (AvgIpc) is 2.66. The molecule has 1 atom stereocenters. The first-order chi connectivity index (χ1) is 6.58.